The van der Waals surface area contributed by atoms with Crippen molar-refractivity contribution in [3.05, 3.63) is 53.9 Å². The van der Waals surface area contributed by atoms with Crippen LogP contribution in [0.5, 0.6) is 0 Å². The fraction of sp³-hybridized carbons (Fsp3) is 0. The number of amidine groups is 1. The van der Waals surface area contributed by atoms with Gasteiger partial charge in [0.25, 0.3) is 0 Å². The van der Waals surface area contributed by atoms with Crippen molar-refractivity contribution in [1.82, 2.24) is 4.98 Å². The fourth-order valence-electron chi connectivity index (χ4n) is 1.28. The molecule has 0 fully saturated rings. The summed E-state index contributed by atoms with van der Waals surface area (Å²) >= 11 is 1.13. The fourth-order valence-corrected chi connectivity index (χ4v) is 2.07. The van der Waals surface area contributed by atoms with E-state index in [1.165, 1.54) is 18.3 Å². The van der Waals surface area contributed by atoms with Crippen LogP contribution in [0.25, 0.3) is 0 Å². The van der Waals surface area contributed by atoms with Crippen LogP contribution in [0.2, 0.25) is 0 Å². The molecule has 0 saturated carbocycles. The highest BCUT2D eigenvalue weighted by molar-refractivity contribution is 7.99. The summed E-state index contributed by atoms with van der Waals surface area (Å²) in [6, 6.07) is 6.65. The van der Waals surface area contributed by atoms with E-state index in [-0.39, 0.29) is 5.84 Å². The summed E-state index contributed by atoms with van der Waals surface area (Å²) in [6.07, 6.45) is 1.49. The Morgan fingerprint density at radius 2 is 2.00 bits per heavy atom. The molecule has 18 heavy (non-hydrogen) atoms. The van der Waals surface area contributed by atoms with E-state index >= 15 is 0 Å². The quantitative estimate of drug-likeness (QED) is 0.662. The maximum Gasteiger partial charge on any atom is 0.141 e. The molecular formula is C12H9F2N3S. The van der Waals surface area contributed by atoms with E-state index in [4.69, 9.17) is 11.1 Å². The summed E-state index contributed by atoms with van der Waals surface area (Å²) in [4.78, 5) is 4.95. The summed E-state index contributed by atoms with van der Waals surface area (Å²) in [5, 5.41) is 7.19. The molecule has 3 nitrogen and oxygen atoms in total. The first-order chi connectivity index (χ1) is 8.56. The van der Waals surface area contributed by atoms with Crippen molar-refractivity contribution in [3.8, 4) is 0 Å². The number of hydrogen-bond acceptors (Lipinski definition) is 3. The summed E-state index contributed by atoms with van der Waals surface area (Å²) < 4.78 is 26.1. The zero-order valence-electron chi connectivity index (χ0n) is 9.15. The number of halogens is 2. The van der Waals surface area contributed by atoms with E-state index < -0.39 is 11.6 Å². The number of benzene rings is 1. The van der Waals surface area contributed by atoms with Crippen LogP contribution in [0.4, 0.5) is 8.78 Å². The molecule has 0 saturated heterocycles. The molecule has 1 aromatic carbocycles. The average molecular weight is 265 g/mol. The van der Waals surface area contributed by atoms with Crippen molar-refractivity contribution in [1.29, 1.82) is 5.41 Å². The van der Waals surface area contributed by atoms with E-state index in [1.54, 1.807) is 12.1 Å². The zero-order chi connectivity index (χ0) is 13.1. The number of nitrogens with zero attached hydrogens (tertiary/aromatic N) is 1. The Kier molecular flexibility index (Phi) is 3.57. The number of hydrogen-bond donors (Lipinski definition) is 2. The van der Waals surface area contributed by atoms with Crippen molar-refractivity contribution in [2.45, 2.75) is 9.79 Å². The van der Waals surface area contributed by atoms with Gasteiger partial charge in [-0.1, -0.05) is 11.8 Å². The molecule has 0 atom stereocenters. The Morgan fingerprint density at radius 3 is 2.56 bits per heavy atom. The van der Waals surface area contributed by atoms with Crippen molar-refractivity contribution >= 4 is 17.6 Å². The molecule has 0 aliphatic rings. The van der Waals surface area contributed by atoms with Gasteiger partial charge in [0.2, 0.25) is 0 Å². The second-order valence-electron chi connectivity index (χ2n) is 3.47. The smallest absolute Gasteiger partial charge is 0.141 e. The van der Waals surface area contributed by atoms with Crippen LogP contribution in [0.3, 0.4) is 0 Å². The van der Waals surface area contributed by atoms with Gasteiger partial charge in [-0.25, -0.2) is 8.78 Å². The van der Waals surface area contributed by atoms with Crippen molar-refractivity contribution < 1.29 is 8.78 Å². The predicted octanol–water partition coefficient (Wildman–Crippen LogP) is 2.80. The van der Waals surface area contributed by atoms with Crippen LogP contribution in [-0.2, 0) is 0 Å². The number of pyridine rings is 1. The van der Waals surface area contributed by atoms with E-state index in [2.05, 4.69) is 4.98 Å². The van der Waals surface area contributed by atoms with Gasteiger partial charge in [0.15, 0.2) is 0 Å². The minimum atomic E-state index is -0.615. The summed E-state index contributed by atoms with van der Waals surface area (Å²) in [6.45, 7) is 0. The van der Waals surface area contributed by atoms with E-state index in [0.29, 0.717) is 15.5 Å². The second-order valence-corrected chi connectivity index (χ2v) is 4.58. The molecule has 2 aromatic rings. The van der Waals surface area contributed by atoms with Crippen LogP contribution < -0.4 is 5.73 Å². The first-order valence-corrected chi connectivity index (χ1v) is 5.81. The molecule has 0 aliphatic carbocycles. The lowest BCUT2D eigenvalue weighted by Gasteiger charge is -2.04. The van der Waals surface area contributed by atoms with Gasteiger partial charge in [-0.15, -0.1) is 0 Å². The lowest BCUT2D eigenvalue weighted by atomic mass is 10.3. The van der Waals surface area contributed by atoms with Gasteiger partial charge in [-0.2, -0.15) is 0 Å². The van der Waals surface area contributed by atoms with Crippen LogP contribution >= 0.6 is 11.8 Å². The lowest BCUT2D eigenvalue weighted by molar-refractivity contribution is 0.565. The monoisotopic (exact) mass is 265 g/mol. The topological polar surface area (TPSA) is 62.8 Å². The van der Waals surface area contributed by atoms with Gasteiger partial charge < -0.3 is 5.73 Å². The Hall–Kier alpha value is -1.95. The first kappa shape index (κ1) is 12.5. The molecule has 6 heteroatoms. The predicted molar refractivity (Wildman–Crippen MR) is 65.7 cm³/mol. The molecule has 2 rings (SSSR count). The minimum absolute atomic E-state index is 0.125. The third kappa shape index (κ3) is 2.84. The van der Waals surface area contributed by atoms with Crippen molar-refractivity contribution in [2.75, 3.05) is 0 Å². The standard InChI is InChI=1S/C12H9F2N3S/c13-7-1-4-11(9(14)5-7)18-8-2-3-10(12(15)16)17-6-8/h1-6H,(H3,15,16). The Labute approximate surface area is 107 Å². The second kappa shape index (κ2) is 5.14. The molecule has 0 spiro atoms. The summed E-state index contributed by atoms with van der Waals surface area (Å²) in [7, 11) is 0. The largest absolute Gasteiger partial charge is 0.382 e. The van der Waals surface area contributed by atoms with Crippen LogP contribution in [0.1, 0.15) is 5.69 Å². The van der Waals surface area contributed by atoms with Gasteiger partial charge in [0, 0.05) is 22.1 Å². The zero-order valence-corrected chi connectivity index (χ0v) is 9.97. The van der Waals surface area contributed by atoms with Gasteiger partial charge in [0.05, 0.1) is 0 Å². The number of rotatable bonds is 3. The van der Waals surface area contributed by atoms with E-state index in [1.807, 2.05) is 0 Å². The molecule has 3 N–H and O–H groups in total. The molecule has 0 aliphatic heterocycles. The molecule has 1 heterocycles. The summed E-state index contributed by atoms with van der Waals surface area (Å²) in [5.74, 6) is -1.35. The average Bonchev–Trinajstić information content (AvgIpc) is 2.33. The lowest BCUT2D eigenvalue weighted by Crippen LogP contribution is -2.12. The maximum atomic E-state index is 13.4. The van der Waals surface area contributed by atoms with Crippen molar-refractivity contribution in [2.24, 2.45) is 5.73 Å². The highest BCUT2D eigenvalue weighted by Gasteiger charge is 2.06. The molecule has 0 radical (unpaired) electrons. The molecule has 1 aromatic heterocycles. The van der Waals surface area contributed by atoms with E-state index in [0.717, 1.165) is 17.8 Å². The number of nitrogen functional groups attached to an aromatic ring is 1. The van der Waals surface area contributed by atoms with Gasteiger partial charge in [-0.3, -0.25) is 10.4 Å². The first-order valence-electron chi connectivity index (χ1n) is 4.99. The van der Waals surface area contributed by atoms with Crippen molar-refractivity contribution in [3.63, 3.8) is 0 Å². The minimum Gasteiger partial charge on any atom is -0.382 e. The molecule has 92 valence electrons. The Balaban J connectivity index is 2.21. The van der Waals surface area contributed by atoms with Crippen LogP contribution in [0, 0.1) is 17.0 Å². The number of nitrogens with two attached hydrogens (primary N) is 1. The third-order valence-corrected chi connectivity index (χ3v) is 3.16. The Bertz CT molecular complexity index is 584. The van der Waals surface area contributed by atoms with Gasteiger partial charge >= 0.3 is 0 Å². The van der Waals surface area contributed by atoms with Gasteiger partial charge in [-0.05, 0) is 24.3 Å². The third-order valence-electron chi connectivity index (χ3n) is 2.13. The maximum absolute atomic E-state index is 13.4. The van der Waals surface area contributed by atoms with Crippen LogP contribution in [0.15, 0.2) is 46.3 Å². The number of aromatic nitrogens is 1. The summed E-state index contributed by atoms with van der Waals surface area (Å²) in [5.41, 5.74) is 5.63. The Morgan fingerprint density at radius 1 is 1.22 bits per heavy atom. The SMILES string of the molecule is N=C(N)c1ccc(Sc2ccc(F)cc2F)cn1. The molecule has 0 amide bonds. The number of nitrogens with one attached hydrogen (secondary N) is 1. The molecule has 0 unspecified atom stereocenters. The highest BCUT2D eigenvalue weighted by atomic mass is 32.2. The highest BCUT2D eigenvalue weighted by Crippen LogP contribution is 2.29. The van der Waals surface area contributed by atoms with Gasteiger partial charge in [0.1, 0.15) is 23.2 Å². The van der Waals surface area contributed by atoms with Crippen LogP contribution in [-0.4, -0.2) is 10.8 Å². The molecule has 0 bridgehead atoms. The van der Waals surface area contributed by atoms with E-state index in [9.17, 15) is 8.78 Å². The normalized spacial score (nSPS) is 10.3. The molecular weight excluding hydrogens is 256 g/mol.